The van der Waals surface area contributed by atoms with Gasteiger partial charge in [0.05, 0.1) is 0 Å². The Morgan fingerprint density at radius 2 is 1.42 bits per heavy atom. The van der Waals surface area contributed by atoms with Crippen molar-refractivity contribution in [2.75, 3.05) is 0 Å². The van der Waals surface area contributed by atoms with E-state index in [9.17, 15) is 14.7 Å². The number of carbonyl (C=O) groups excluding carboxylic acids is 1. The van der Waals surface area contributed by atoms with Crippen LogP contribution in [0.1, 0.15) is 37.3 Å². The van der Waals surface area contributed by atoms with E-state index >= 15 is 0 Å². The van der Waals surface area contributed by atoms with Crippen LogP contribution in [0.5, 0.6) is 0 Å². The van der Waals surface area contributed by atoms with Crippen LogP contribution in [0.25, 0.3) is 0 Å². The number of aliphatic carboxylic acids is 1. The predicted molar refractivity (Wildman–Crippen MR) is 91.5 cm³/mol. The second-order valence-corrected chi connectivity index (χ2v) is 5.99. The first-order valence-corrected chi connectivity index (χ1v) is 8.02. The molecule has 0 radical (unpaired) electrons. The first kappa shape index (κ1) is 17.9. The molecule has 4 heteroatoms. The number of hydrogen-bond acceptors (Lipinski definition) is 3. The van der Waals surface area contributed by atoms with Gasteiger partial charge in [0.25, 0.3) is 0 Å². The molecule has 2 N–H and O–H groups in total. The van der Waals surface area contributed by atoms with Crippen molar-refractivity contribution in [3.05, 3.63) is 71.8 Å². The lowest BCUT2D eigenvalue weighted by molar-refractivity contribution is -0.146. The van der Waals surface area contributed by atoms with Gasteiger partial charge in [-0.25, -0.2) is 0 Å². The lowest BCUT2D eigenvalue weighted by atomic mass is 9.81. The Morgan fingerprint density at radius 3 is 1.79 bits per heavy atom. The van der Waals surface area contributed by atoms with E-state index in [2.05, 4.69) is 0 Å². The second kappa shape index (κ2) is 7.88. The molecular weight excluding hydrogens is 304 g/mol. The molecular formula is C20H22O4. The maximum absolute atomic E-state index is 11.4. The van der Waals surface area contributed by atoms with Gasteiger partial charge in [0.1, 0.15) is 17.3 Å². The number of ketones is 1. The van der Waals surface area contributed by atoms with Crippen LogP contribution in [0.2, 0.25) is 0 Å². The number of aliphatic hydroxyl groups is 1. The minimum atomic E-state index is -1.21. The third kappa shape index (κ3) is 4.09. The summed E-state index contributed by atoms with van der Waals surface area (Å²) in [5, 5.41) is 20.4. The number of hydrogen-bond donors (Lipinski definition) is 2. The van der Waals surface area contributed by atoms with Crippen molar-refractivity contribution in [3.8, 4) is 0 Å². The molecule has 0 heterocycles. The highest BCUT2D eigenvalue weighted by Crippen LogP contribution is 2.35. The van der Waals surface area contributed by atoms with E-state index in [4.69, 9.17) is 5.11 Å². The van der Waals surface area contributed by atoms with Crippen molar-refractivity contribution < 1.29 is 19.8 Å². The summed E-state index contributed by atoms with van der Waals surface area (Å²) in [6.45, 7) is 1.29. The SMILES string of the molecule is CC(=O)C(CCCC(O)(c1ccccc1)c1ccccc1)C(=O)O. The highest BCUT2D eigenvalue weighted by Gasteiger charge is 2.32. The molecule has 1 atom stereocenters. The average molecular weight is 326 g/mol. The maximum atomic E-state index is 11.4. The summed E-state index contributed by atoms with van der Waals surface area (Å²) in [5.41, 5.74) is 0.305. The molecule has 24 heavy (non-hydrogen) atoms. The molecule has 0 saturated carbocycles. The summed E-state index contributed by atoms with van der Waals surface area (Å²) in [6, 6.07) is 18.6. The molecule has 1 unspecified atom stereocenters. The fraction of sp³-hybridized carbons (Fsp3) is 0.300. The largest absolute Gasteiger partial charge is 0.481 e. The molecule has 0 fully saturated rings. The molecule has 0 aliphatic rings. The maximum Gasteiger partial charge on any atom is 0.314 e. The minimum Gasteiger partial charge on any atom is -0.481 e. The van der Waals surface area contributed by atoms with Crippen LogP contribution in [-0.4, -0.2) is 22.0 Å². The number of Topliss-reactive ketones (excluding diaryl/α,β-unsaturated/α-hetero) is 1. The van der Waals surface area contributed by atoms with Crippen molar-refractivity contribution in [1.82, 2.24) is 0 Å². The molecule has 2 aromatic carbocycles. The van der Waals surface area contributed by atoms with Crippen molar-refractivity contribution in [2.45, 2.75) is 31.8 Å². The van der Waals surface area contributed by atoms with Gasteiger partial charge >= 0.3 is 5.97 Å². The number of carboxylic acids is 1. The van der Waals surface area contributed by atoms with Gasteiger partial charge in [-0.2, -0.15) is 0 Å². The van der Waals surface area contributed by atoms with Crippen molar-refractivity contribution >= 4 is 11.8 Å². The normalized spacial score (nSPS) is 12.6. The molecule has 0 aliphatic carbocycles. The van der Waals surface area contributed by atoms with Gasteiger partial charge in [-0.15, -0.1) is 0 Å². The molecule has 0 aromatic heterocycles. The zero-order valence-corrected chi connectivity index (χ0v) is 13.7. The van der Waals surface area contributed by atoms with Gasteiger partial charge < -0.3 is 10.2 Å². The van der Waals surface area contributed by atoms with E-state index in [1.165, 1.54) is 6.92 Å². The molecule has 0 bridgehead atoms. The van der Waals surface area contributed by atoms with Crippen LogP contribution >= 0.6 is 0 Å². The molecule has 0 spiro atoms. The summed E-state index contributed by atoms with van der Waals surface area (Å²) >= 11 is 0. The smallest absolute Gasteiger partial charge is 0.314 e. The highest BCUT2D eigenvalue weighted by molar-refractivity contribution is 5.96. The molecule has 0 saturated heterocycles. The minimum absolute atomic E-state index is 0.215. The Morgan fingerprint density at radius 1 is 0.958 bits per heavy atom. The van der Waals surface area contributed by atoms with Crippen molar-refractivity contribution in [3.63, 3.8) is 0 Å². The molecule has 0 aliphatic heterocycles. The van der Waals surface area contributed by atoms with E-state index in [1.54, 1.807) is 0 Å². The third-order valence-corrected chi connectivity index (χ3v) is 4.32. The van der Waals surface area contributed by atoms with Crippen LogP contribution in [0.4, 0.5) is 0 Å². The Hall–Kier alpha value is -2.46. The van der Waals surface area contributed by atoms with Crippen molar-refractivity contribution in [2.24, 2.45) is 5.92 Å². The summed E-state index contributed by atoms with van der Waals surface area (Å²) in [5.74, 6) is -2.48. The van der Waals surface area contributed by atoms with Gasteiger partial charge in [-0.3, -0.25) is 9.59 Å². The van der Waals surface area contributed by atoms with E-state index in [0.29, 0.717) is 12.8 Å². The van der Waals surface area contributed by atoms with Gasteiger partial charge in [-0.1, -0.05) is 60.7 Å². The van der Waals surface area contributed by atoms with Crippen LogP contribution in [-0.2, 0) is 15.2 Å². The molecule has 2 aromatic rings. The predicted octanol–water partition coefficient (Wildman–Crippen LogP) is 3.38. The first-order valence-electron chi connectivity index (χ1n) is 8.02. The molecule has 2 rings (SSSR count). The molecule has 126 valence electrons. The summed E-state index contributed by atoms with van der Waals surface area (Å²) in [7, 11) is 0. The van der Waals surface area contributed by atoms with E-state index < -0.39 is 17.5 Å². The lowest BCUT2D eigenvalue weighted by Gasteiger charge is -2.30. The lowest BCUT2D eigenvalue weighted by Crippen LogP contribution is -2.28. The van der Waals surface area contributed by atoms with E-state index in [1.807, 2.05) is 60.7 Å². The van der Waals surface area contributed by atoms with Gasteiger partial charge in [0, 0.05) is 0 Å². The Bertz CT molecular complexity index is 626. The van der Waals surface area contributed by atoms with Gasteiger partial charge in [0.15, 0.2) is 0 Å². The van der Waals surface area contributed by atoms with Gasteiger partial charge in [0.2, 0.25) is 0 Å². The topological polar surface area (TPSA) is 74.6 Å². The molecule has 4 nitrogen and oxygen atoms in total. The zero-order chi connectivity index (χ0) is 17.6. The number of carboxylic acid groups (broad SMARTS) is 1. The Kier molecular flexibility index (Phi) is 5.88. The monoisotopic (exact) mass is 326 g/mol. The fourth-order valence-electron chi connectivity index (χ4n) is 2.95. The van der Waals surface area contributed by atoms with Crippen LogP contribution in [0.15, 0.2) is 60.7 Å². The summed E-state index contributed by atoms with van der Waals surface area (Å²) < 4.78 is 0. The number of benzene rings is 2. The van der Waals surface area contributed by atoms with Crippen LogP contribution in [0, 0.1) is 5.92 Å². The zero-order valence-electron chi connectivity index (χ0n) is 13.7. The summed E-state index contributed by atoms with van der Waals surface area (Å²) in [6.07, 6.45) is 0.988. The second-order valence-electron chi connectivity index (χ2n) is 5.99. The third-order valence-electron chi connectivity index (χ3n) is 4.32. The van der Waals surface area contributed by atoms with Gasteiger partial charge in [-0.05, 0) is 37.3 Å². The standard InChI is InChI=1S/C20H22O4/c1-15(21)18(19(22)23)13-8-14-20(24,16-9-4-2-5-10-16)17-11-6-3-7-12-17/h2-7,9-12,18,24H,8,13-14H2,1H3,(H,22,23). The molecule has 0 amide bonds. The summed E-state index contributed by atoms with van der Waals surface area (Å²) in [4.78, 5) is 22.6. The number of rotatable bonds is 8. The Balaban J connectivity index is 2.22. The quantitative estimate of drug-likeness (QED) is 0.729. The van der Waals surface area contributed by atoms with Crippen LogP contribution in [0.3, 0.4) is 0 Å². The highest BCUT2D eigenvalue weighted by atomic mass is 16.4. The fourth-order valence-corrected chi connectivity index (χ4v) is 2.95. The Labute approximate surface area is 141 Å². The number of carbonyl (C=O) groups is 2. The average Bonchev–Trinajstić information content (AvgIpc) is 2.59. The van der Waals surface area contributed by atoms with Crippen LogP contribution < -0.4 is 0 Å². The van der Waals surface area contributed by atoms with E-state index in [-0.39, 0.29) is 12.2 Å². The van der Waals surface area contributed by atoms with Crippen molar-refractivity contribution in [1.29, 1.82) is 0 Å². The first-order chi connectivity index (χ1) is 11.4. The van der Waals surface area contributed by atoms with E-state index in [0.717, 1.165) is 11.1 Å².